The standard InChI is InChI=1S/C23H24N4O3/c28-21-6-3-13-26(21)17-9-7-16(8-10-17)22(29)25-14-11-18(12-15-25)27-20-5-2-1-4-19(20)24-23(27)30/h1-2,4-5,7-10,18H,3,6,11-15H2,(H,24,30). The van der Waals surface area contributed by atoms with Gasteiger partial charge in [0.05, 0.1) is 11.0 Å². The fraction of sp³-hybridized carbons (Fsp3) is 0.348. The molecule has 1 aromatic heterocycles. The van der Waals surface area contributed by atoms with Crippen LogP contribution in [0.15, 0.2) is 53.3 Å². The maximum absolute atomic E-state index is 12.9. The molecular weight excluding hydrogens is 380 g/mol. The van der Waals surface area contributed by atoms with E-state index in [0.29, 0.717) is 25.1 Å². The minimum atomic E-state index is -0.0898. The van der Waals surface area contributed by atoms with Gasteiger partial charge in [-0.3, -0.25) is 14.2 Å². The van der Waals surface area contributed by atoms with Gasteiger partial charge in [0.2, 0.25) is 5.91 Å². The number of carbonyl (C=O) groups is 2. The number of nitrogens with zero attached hydrogens (tertiary/aromatic N) is 3. The van der Waals surface area contributed by atoms with Gasteiger partial charge in [-0.25, -0.2) is 4.79 Å². The van der Waals surface area contributed by atoms with Crippen LogP contribution < -0.4 is 10.6 Å². The molecule has 30 heavy (non-hydrogen) atoms. The van der Waals surface area contributed by atoms with Gasteiger partial charge in [-0.05, 0) is 55.7 Å². The molecule has 1 N–H and O–H groups in total. The molecule has 7 heteroatoms. The maximum Gasteiger partial charge on any atom is 0.326 e. The third-order valence-electron chi connectivity index (χ3n) is 6.24. The van der Waals surface area contributed by atoms with Crippen molar-refractivity contribution >= 4 is 28.5 Å². The molecule has 0 atom stereocenters. The van der Waals surface area contributed by atoms with Crippen LogP contribution in [-0.4, -0.2) is 45.9 Å². The number of rotatable bonds is 3. The van der Waals surface area contributed by atoms with Crippen LogP contribution in [0.5, 0.6) is 0 Å². The van der Waals surface area contributed by atoms with Crippen LogP contribution in [0.3, 0.4) is 0 Å². The second-order valence-corrected chi connectivity index (χ2v) is 8.04. The number of likely N-dealkylation sites (tertiary alicyclic amines) is 1. The predicted octanol–water partition coefficient (Wildman–Crippen LogP) is 2.93. The third-order valence-corrected chi connectivity index (χ3v) is 6.24. The van der Waals surface area contributed by atoms with Crippen molar-refractivity contribution in [1.82, 2.24) is 14.5 Å². The van der Waals surface area contributed by atoms with Crippen LogP contribution in [-0.2, 0) is 4.79 Å². The topological polar surface area (TPSA) is 78.4 Å². The molecule has 0 aliphatic carbocycles. The first-order chi connectivity index (χ1) is 14.6. The van der Waals surface area contributed by atoms with Gasteiger partial charge in [-0.15, -0.1) is 0 Å². The van der Waals surface area contributed by atoms with Crippen LogP contribution >= 0.6 is 0 Å². The van der Waals surface area contributed by atoms with Gasteiger partial charge in [0, 0.05) is 43.3 Å². The Labute approximate surface area is 173 Å². The first-order valence-electron chi connectivity index (χ1n) is 10.5. The lowest BCUT2D eigenvalue weighted by atomic mass is 10.0. The Morgan fingerprint density at radius 2 is 1.67 bits per heavy atom. The lowest BCUT2D eigenvalue weighted by Gasteiger charge is -2.32. The number of amides is 2. The number of H-pyrrole nitrogens is 1. The zero-order valence-electron chi connectivity index (χ0n) is 16.7. The molecule has 3 heterocycles. The third kappa shape index (κ3) is 3.20. The van der Waals surface area contributed by atoms with E-state index < -0.39 is 0 Å². The molecule has 2 fully saturated rings. The van der Waals surface area contributed by atoms with Gasteiger partial charge in [-0.2, -0.15) is 0 Å². The number of hydrogen-bond acceptors (Lipinski definition) is 3. The first-order valence-corrected chi connectivity index (χ1v) is 10.5. The summed E-state index contributed by atoms with van der Waals surface area (Å²) in [7, 11) is 0. The lowest BCUT2D eigenvalue weighted by molar-refractivity contribution is -0.117. The molecule has 2 saturated heterocycles. The monoisotopic (exact) mass is 404 g/mol. The summed E-state index contributed by atoms with van der Waals surface area (Å²) in [5.74, 6) is 0.141. The van der Waals surface area contributed by atoms with Gasteiger partial charge in [0.15, 0.2) is 0 Å². The summed E-state index contributed by atoms with van der Waals surface area (Å²) < 4.78 is 1.83. The van der Waals surface area contributed by atoms with Gasteiger partial charge >= 0.3 is 5.69 Å². The number of anilines is 1. The number of aromatic nitrogens is 2. The highest BCUT2D eigenvalue weighted by Gasteiger charge is 2.27. The molecule has 3 aromatic rings. The minimum Gasteiger partial charge on any atom is -0.338 e. The zero-order valence-corrected chi connectivity index (χ0v) is 16.7. The summed E-state index contributed by atoms with van der Waals surface area (Å²) in [6.45, 7) is 1.97. The van der Waals surface area contributed by atoms with Crippen molar-refractivity contribution < 1.29 is 9.59 Å². The van der Waals surface area contributed by atoms with Crippen LogP contribution in [0.2, 0.25) is 0 Å². The number of carbonyl (C=O) groups excluding carboxylic acids is 2. The molecule has 0 spiro atoms. The van der Waals surface area contributed by atoms with E-state index in [0.717, 1.165) is 42.5 Å². The van der Waals surface area contributed by atoms with Crippen molar-refractivity contribution in [1.29, 1.82) is 0 Å². The number of para-hydroxylation sites is 2. The van der Waals surface area contributed by atoms with Crippen LogP contribution in [0.1, 0.15) is 42.1 Å². The zero-order chi connectivity index (χ0) is 20.7. The Kier molecular flexibility index (Phi) is 4.65. The SMILES string of the molecule is O=C(c1ccc(N2CCCC2=O)cc1)N1CCC(n2c(=O)[nH]c3ccccc32)CC1. The van der Waals surface area contributed by atoms with Gasteiger partial charge in [0.25, 0.3) is 5.91 Å². The van der Waals surface area contributed by atoms with Crippen LogP contribution in [0.4, 0.5) is 5.69 Å². The molecule has 7 nitrogen and oxygen atoms in total. The number of hydrogen-bond donors (Lipinski definition) is 1. The quantitative estimate of drug-likeness (QED) is 0.729. The van der Waals surface area contributed by atoms with Crippen molar-refractivity contribution in [3.63, 3.8) is 0 Å². The number of fused-ring (bicyclic) bond motifs is 1. The van der Waals surface area contributed by atoms with E-state index in [2.05, 4.69) is 4.98 Å². The van der Waals surface area contributed by atoms with E-state index in [1.165, 1.54) is 0 Å². The molecule has 0 unspecified atom stereocenters. The molecule has 2 aliphatic heterocycles. The summed E-state index contributed by atoms with van der Waals surface area (Å²) >= 11 is 0. The molecule has 154 valence electrons. The highest BCUT2D eigenvalue weighted by Crippen LogP contribution is 2.26. The average Bonchev–Trinajstić information content (AvgIpc) is 3.35. The molecular formula is C23H24N4O3. The van der Waals surface area contributed by atoms with Crippen molar-refractivity contribution in [2.24, 2.45) is 0 Å². The van der Waals surface area contributed by atoms with Crippen molar-refractivity contribution in [2.75, 3.05) is 24.5 Å². The van der Waals surface area contributed by atoms with E-state index in [-0.39, 0.29) is 23.5 Å². The molecule has 0 radical (unpaired) electrons. The fourth-order valence-corrected chi connectivity index (χ4v) is 4.65. The van der Waals surface area contributed by atoms with E-state index in [1.807, 2.05) is 45.9 Å². The van der Waals surface area contributed by atoms with E-state index in [4.69, 9.17) is 0 Å². The molecule has 2 aromatic carbocycles. The molecule has 2 amide bonds. The largest absolute Gasteiger partial charge is 0.338 e. The summed E-state index contributed by atoms with van der Waals surface area (Å²) in [5.41, 5.74) is 3.16. The Morgan fingerprint density at radius 1 is 0.933 bits per heavy atom. The predicted molar refractivity (Wildman–Crippen MR) is 115 cm³/mol. The Hall–Kier alpha value is -3.35. The lowest BCUT2D eigenvalue weighted by Crippen LogP contribution is -2.40. The second kappa shape index (κ2) is 7.48. The number of benzene rings is 2. The number of nitrogens with one attached hydrogen (secondary N) is 1. The Morgan fingerprint density at radius 3 is 2.37 bits per heavy atom. The van der Waals surface area contributed by atoms with Crippen molar-refractivity contribution in [2.45, 2.75) is 31.7 Å². The van der Waals surface area contributed by atoms with Crippen LogP contribution in [0.25, 0.3) is 11.0 Å². The van der Waals surface area contributed by atoms with E-state index in [1.54, 1.807) is 17.0 Å². The Bertz CT molecular complexity index is 1150. The Balaban J connectivity index is 1.27. The smallest absolute Gasteiger partial charge is 0.326 e. The van der Waals surface area contributed by atoms with E-state index in [9.17, 15) is 14.4 Å². The van der Waals surface area contributed by atoms with Crippen molar-refractivity contribution in [3.8, 4) is 0 Å². The summed E-state index contributed by atoms with van der Waals surface area (Å²) in [4.78, 5) is 43.8. The summed E-state index contributed by atoms with van der Waals surface area (Å²) in [6.07, 6.45) is 2.96. The molecule has 5 rings (SSSR count). The highest BCUT2D eigenvalue weighted by atomic mass is 16.2. The maximum atomic E-state index is 12.9. The van der Waals surface area contributed by atoms with Crippen LogP contribution in [0, 0.1) is 0 Å². The summed E-state index contributed by atoms with van der Waals surface area (Å²) in [6, 6.07) is 15.1. The minimum absolute atomic E-state index is 0.000905. The number of aromatic amines is 1. The highest BCUT2D eigenvalue weighted by molar-refractivity contribution is 5.97. The molecule has 0 saturated carbocycles. The first kappa shape index (κ1) is 18.7. The van der Waals surface area contributed by atoms with Crippen molar-refractivity contribution in [3.05, 3.63) is 64.6 Å². The van der Waals surface area contributed by atoms with Gasteiger partial charge in [-0.1, -0.05) is 12.1 Å². The number of piperidine rings is 1. The van der Waals surface area contributed by atoms with Gasteiger partial charge < -0.3 is 14.8 Å². The fourth-order valence-electron chi connectivity index (χ4n) is 4.65. The van der Waals surface area contributed by atoms with E-state index >= 15 is 0 Å². The normalized spacial score (nSPS) is 17.8. The molecule has 2 aliphatic rings. The number of imidazole rings is 1. The summed E-state index contributed by atoms with van der Waals surface area (Å²) in [5, 5.41) is 0. The second-order valence-electron chi connectivity index (χ2n) is 8.04. The van der Waals surface area contributed by atoms with Gasteiger partial charge in [0.1, 0.15) is 0 Å². The average molecular weight is 404 g/mol. The molecule has 0 bridgehead atoms.